The summed E-state index contributed by atoms with van der Waals surface area (Å²) in [6.45, 7) is 3.88. The summed E-state index contributed by atoms with van der Waals surface area (Å²) in [7, 11) is 1.84. The van der Waals surface area contributed by atoms with Gasteiger partial charge in [-0.05, 0) is 56.2 Å². The highest BCUT2D eigenvalue weighted by atomic mass is 16.5. The molecule has 8 nitrogen and oxygen atoms in total. The van der Waals surface area contributed by atoms with E-state index in [9.17, 15) is 4.79 Å². The topological polar surface area (TPSA) is 119 Å². The first kappa shape index (κ1) is 21.0. The van der Waals surface area contributed by atoms with Gasteiger partial charge in [0, 0.05) is 42.7 Å². The third kappa shape index (κ3) is 5.44. The minimum atomic E-state index is -0.151. The predicted octanol–water partition coefficient (Wildman–Crippen LogP) is 3.17. The predicted molar refractivity (Wildman–Crippen MR) is 117 cm³/mol. The Morgan fingerprint density at radius 2 is 2.10 bits per heavy atom. The molecule has 0 saturated carbocycles. The number of benzene rings is 1. The van der Waals surface area contributed by atoms with Crippen LogP contribution in [0.5, 0.6) is 5.75 Å². The molecule has 0 atom stereocenters. The summed E-state index contributed by atoms with van der Waals surface area (Å²) in [6.07, 6.45) is 6.12. The fourth-order valence-corrected chi connectivity index (χ4v) is 2.97. The largest absolute Gasteiger partial charge is 0.491 e. The molecule has 0 aliphatic heterocycles. The van der Waals surface area contributed by atoms with Crippen LogP contribution in [-0.2, 0) is 18.3 Å². The SMILES string of the molecule is CC(C)Oc1ccc(N)c(C(=N)c2ccnc(NC(=O)CCc3cnn(C)c3)c2)c1. The summed E-state index contributed by atoms with van der Waals surface area (Å²) in [5, 5.41) is 15.5. The average molecular weight is 406 g/mol. The van der Waals surface area contributed by atoms with E-state index in [1.165, 1.54) is 0 Å². The summed E-state index contributed by atoms with van der Waals surface area (Å²) >= 11 is 0. The number of aryl methyl sites for hydroxylation is 2. The molecular weight excluding hydrogens is 380 g/mol. The fourth-order valence-electron chi connectivity index (χ4n) is 2.97. The van der Waals surface area contributed by atoms with Gasteiger partial charge in [0.05, 0.1) is 18.0 Å². The second-order valence-electron chi connectivity index (χ2n) is 7.29. The van der Waals surface area contributed by atoms with E-state index < -0.39 is 0 Å². The zero-order chi connectivity index (χ0) is 21.7. The number of rotatable bonds is 8. The van der Waals surface area contributed by atoms with Crippen molar-refractivity contribution in [1.82, 2.24) is 14.8 Å². The number of amides is 1. The Hall–Kier alpha value is -3.68. The Labute approximate surface area is 175 Å². The number of hydrogen-bond acceptors (Lipinski definition) is 6. The lowest BCUT2D eigenvalue weighted by Crippen LogP contribution is -2.14. The van der Waals surface area contributed by atoms with Crippen LogP contribution in [0, 0.1) is 5.41 Å². The van der Waals surface area contributed by atoms with Crippen molar-refractivity contribution in [2.24, 2.45) is 7.05 Å². The van der Waals surface area contributed by atoms with Crippen LogP contribution in [0.4, 0.5) is 11.5 Å². The Morgan fingerprint density at radius 1 is 1.30 bits per heavy atom. The van der Waals surface area contributed by atoms with Crippen molar-refractivity contribution in [2.75, 3.05) is 11.1 Å². The van der Waals surface area contributed by atoms with Crippen LogP contribution in [-0.4, -0.2) is 32.5 Å². The molecule has 2 aromatic heterocycles. The number of hydrogen-bond donors (Lipinski definition) is 3. The van der Waals surface area contributed by atoms with E-state index in [-0.39, 0.29) is 17.7 Å². The van der Waals surface area contributed by atoms with Crippen LogP contribution in [0.1, 0.15) is 37.0 Å². The summed E-state index contributed by atoms with van der Waals surface area (Å²) in [4.78, 5) is 16.5. The second-order valence-corrected chi connectivity index (χ2v) is 7.29. The van der Waals surface area contributed by atoms with Crippen molar-refractivity contribution in [3.8, 4) is 5.75 Å². The van der Waals surface area contributed by atoms with Crippen molar-refractivity contribution in [3.05, 3.63) is 65.6 Å². The lowest BCUT2D eigenvalue weighted by Gasteiger charge is -2.14. The van der Waals surface area contributed by atoms with Gasteiger partial charge in [-0.2, -0.15) is 5.10 Å². The van der Waals surface area contributed by atoms with Crippen LogP contribution in [0.25, 0.3) is 0 Å². The van der Waals surface area contributed by atoms with Crippen LogP contribution < -0.4 is 15.8 Å². The average Bonchev–Trinajstić information content (AvgIpc) is 3.12. The van der Waals surface area contributed by atoms with Gasteiger partial charge >= 0.3 is 0 Å². The van der Waals surface area contributed by atoms with Gasteiger partial charge in [0.25, 0.3) is 0 Å². The summed E-state index contributed by atoms with van der Waals surface area (Å²) < 4.78 is 7.41. The van der Waals surface area contributed by atoms with Crippen molar-refractivity contribution in [1.29, 1.82) is 5.41 Å². The molecule has 2 heterocycles. The van der Waals surface area contributed by atoms with E-state index in [0.717, 1.165) is 5.56 Å². The number of nitrogen functional groups attached to an aromatic ring is 1. The zero-order valence-electron chi connectivity index (χ0n) is 17.3. The Balaban J connectivity index is 1.70. The molecule has 3 aromatic rings. The highest BCUT2D eigenvalue weighted by molar-refractivity contribution is 6.14. The molecule has 0 bridgehead atoms. The summed E-state index contributed by atoms with van der Waals surface area (Å²) in [5.41, 5.74) is 8.95. The van der Waals surface area contributed by atoms with Gasteiger partial charge in [-0.3, -0.25) is 14.9 Å². The third-order valence-electron chi connectivity index (χ3n) is 4.38. The molecule has 0 radical (unpaired) electrons. The fraction of sp³-hybridized carbons (Fsp3) is 0.273. The second kappa shape index (κ2) is 9.21. The first-order valence-electron chi connectivity index (χ1n) is 9.70. The van der Waals surface area contributed by atoms with E-state index in [0.29, 0.717) is 41.2 Å². The van der Waals surface area contributed by atoms with Crippen LogP contribution in [0.3, 0.4) is 0 Å². The van der Waals surface area contributed by atoms with Crippen LogP contribution >= 0.6 is 0 Å². The highest BCUT2D eigenvalue weighted by Crippen LogP contribution is 2.24. The quantitative estimate of drug-likeness (QED) is 0.392. The van der Waals surface area contributed by atoms with Gasteiger partial charge < -0.3 is 15.8 Å². The van der Waals surface area contributed by atoms with Crippen molar-refractivity contribution in [3.63, 3.8) is 0 Å². The number of carbonyl (C=O) groups excluding carboxylic acids is 1. The maximum absolute atomic E-state index is 12.3. The smallest absolute Gasteiger partial charge is 0.225 e. The van der Waals surface area contributed by atoms with E-state index >= 15 is 0 Å². The lowest BCUT2D eigenvalue weighted by molar-refractivity contribution is -0.116. The minimum absolute atomic E-state index is 0.0186. The summed E-state index contributed by atoms with van der Waals surface area (Å²) in [6, 6.07) is 8.64. The van der Waals surface area contributed by atoms with Crippen LogP contribution in [0.15, 0.2) is 48.9 Å². The van der Waals surface area contributed by atoms with Crippen LogP contribution in [0.2, 0.25) is 0 Å². The molecule has 0 aliphatic carbocycles. The maximum atomic E-state index is 12.3. The Morgan fingerprint density at radius 3 is 2.80 bits per heavy atom. The normalized spacial score (nSPS) is 10.8. The lowest BCUT2D eigenvalue weighted by atomic mass is 10.0. The number of nitrogens with one attached hydrogen (secondary N) is 2. The molecule has 0 aliphatic rings. The number of nitrogens with two attached hydrogens (primary N) is 1. The molecule has 3 rings (SSSR count). The molecule has 4 N–H and O–H groups in total. The van der Waals surface area contributed by atoms with Gasteiger partial charge in [0.1, 0.15) is 11.6 Å². The Kier molecular flexibility index (Phi) is 6.46. The minimum Gasteiger partial charge on any atom is -0.491 e. The standard InChI is InChI=1S/C22H26N6O2/c1-14(2)30-17-5-6-19(23)18(11-17)22(24)16-8-9-25-20(10-16)27-21(29)7-4-15-12-26-28(3)13-15/h5-6,8-14,24H,4,7,23H2,1-3H3,(H,25,27,29). The van der Waals surface area contributed by atoms with Gasteiger partial charge in [0.2, 0.25) is 5.91 Å². The Bertz CT molecular complexity index is 1060. The molecule has 0 unspecified atom stereocenters. The number of ether oxygens (including phenoxy) is 1. The van der Waals surface area contributed by atoms with Crippen molar-refractivity contribution in [2.45, 2.75) is 32.8 Å². The first-order chi connectivity index (χ1) is 14.3. The van der Waals surface area contributed by atoms with E-state index in [1.807, 2.05) is 27.1 Å². The monoisotopic (exact) mass is 406 g/mol. The summed E-state index contributed by atoms with van der Waals surface area (Å²) in [5.74, 6) is 0.889. The molecule has 1 aromatic carbocycles. The highest BCUT2D eigenvalue weighted by Gasteiger charge is 2.13. The van der Waals surface area contributed by atoms with Gasteiger partial charge in [-0.15, -0.1) is 0 Å². The molecule has 8 heteroatoms. The number of nitrogens with zero attached hydrogens (tertiary/aromatic N) is 3. The number of anilines is 2. The number of pyridine rings is 1. The van der Waals surface area contributed by atoms with E-state index in [2.05, 4.69) is 15.4 Å². The third-order valence-corrected chi connectivity index (χ3v) is 4.38. The van der Waals surface area contributed by atoms with E-state index in [1.54, 1.807) is 47.4 Å². The molecular formula is C22H26N6O2. The molecule has 0 spiro atoms. The number of carbonyl (C=O) groups is 1. The molecule has 1 amide bonds. The van der Waals surface area contributed by atoms with Gasteiger partial charge in [0.15, 0.2) is 0 Å². The maximum Gasteiger partial charge on any atom is 0.225 e. The van der Waals surface area contributed by atoms with Gasteiger partial charge in [-0.25, -0.2) is 4.98 Å². The molecule has 156 valence electrons. The first-order valence-corrected chi connectivity index (χ1v) is 9.70. The molecule has 0 fully saturated rings. The van der Waals surface area contributed by atoms with Crippen molar-refractivity contribution < 1.29 is 9.53 Å². The molecule has 30 heavy (non-hydrogen) atoms. The van der Waals surface area contributed by atoms with Gasteiger partial charge in [-0.1, -0.05) is 0 Å². The molecule has 0 saturated heterocycles. The van der Waals surface area contributed by atoms with E-state index in [4.69, 9.17) is 15.9 Å². The van der Waals surface area contributed by atoms with Crippen molar-refractivity contribution >= 4 is 23.1 Å². The zero-order valence-corrected chi connectivity index (χ0v) is 17.3. The number of aromatic nitrogens is 3.